The number of hydrogen-bond acceptors (Lipinski definition) is 5. The monoisotopic (exact) mass is 376 g/mol. The summed E-state index contributed by atoms with van der Waals surface area (Å²) in [5.41, 5.74) is 2.78. The fourth-order valence-electron chi connectivity index (χ4n) is 3.43. The van der Waals surface area contributed by atoms with Gasteiger partial charge in [0.05, 0.1) is 12.3 Å². The molecule has 1 aliphatic heterocycles. The van der Waals surface area contributed by atoms with Gasteiger partial charge in [-0.2, -0.15) is 0 Å². The number of ether oxygens (including phenoxy) is 1. The molecular weight excluding hydrogens is 352 g/mol. The molecule has 0 spiro atoms. The first kappa shape index (κ1) is 18.2. The molecule has 6 heteroatoms. The number of nitrogens with zero attached hydrogens (tertiary/aromatic N) is 4. The minimum absolute atomic E-state index is 0.135. The van der Waals surface area contributed by atoms with Crippen LogP contribution in [-0.4, -0.2) is 32.7 Å². The molecule has 2 aromatic carbocycles. The van der Waals surface area contributed by atoms with Crippen molar-refractivity contribution in [3.05, 3.63) is 53.9 Å². The number of aromatic nitrogens is 3. The third kappa shape index (κ3) is 3.91. The van der Waals surface area contributed by atoms with Gasteiger partial charge < -0.3 is 14.4 Å². The van der Waals surface area contributed by atoms with Crippen LogP contribution in [0.5, 0.6) is 11.5 Å². The van der Waals surface area contributed by atoms with Gasteiger partial charge in [-0.05, 0) is 67.8 Å². The topological polar surface area (TPSA) is 72.5 Å². The summed E-state index contributed by atoms with van der Waals surface area (Å²) in [6.45, 7) is 3.37. The normalized spacial score (nSPS) is 14.0. The maximum Gasteiger partial charge on any atom is 0.163 e. The number of aromatic hydroxyl groups is 1. The number of phenols is 1. The minimum atomic E-state index is 0.135. The zero-order chi connectivity index (χ0) is 19.3. The Hall–Kier alpha value is -3.15. The molecular formula is C22H24N4O2. The van der Waals surface area contributed by atoms with Gasteiger partial charge in [-0.1, -0.05) is 6.42 Å². The van der Waals surface area contributed by atoms with Gasteiger partial charge in [0.1, 0.15) is 5.82 Å². The van der Waals surface area contributed by atoms with Crippen LogP contribution in [-0.2, 0) is 13.0 Å². The summed E-state index contributed by atoms with van der Waals surface area (Å²) < 4.78 is 7.66. The maximum atomic E-state index is 9.79. The molecule has 1 aliphatic rings. The number of benzene rings is 2. The van der Waals surface area contributed by atoms with Crippen molar-refractivity contribution in [2.24, 2.45) is 4.99 Å². The van der Waals surface area contributed by atoms with Crippen molar-refractivity contribution < 1.29 is 9.84 Å². The van der Waals surface area contributed by atoms with Crippen molar-refractivity contribution in [3.8, 4) is 22.9 Å². The van der Waals surface area contributed by atoms with Crippen molar-refractivity contribution in [2.75, 3.05) is 6.61 Å². The summed E-state index contributed by atoms with van der Waals surface area (Å²) in [7, 11) is 0. The largest absolute Gasteiger partial charge is 0.504 e. The number of aliphatic imine (C=N–C) groups is 1. The van der Waals surface area contributed by atoms with Crippen molar-refractivity contribution in [2.45, 2.75) is 39.2 Å². The fraction of sp³-hybridized carbons (Fsp3) is 0.318. The summed E-state index contributed by atoms with van der Waals surface area (Å²) in [6, 6.07) is 13.2. The van der Waals surface area contributed by atoms with E-state index < -0.39 is 0 Å². The number of fused-ring (bicyclic) bond motifs is 1. The van der Waals surface area contributed by atoms with Gasteiger partial charge in [0.2, 0.25) is 0 Å². The molecule has 3 aromatic rings. The molecule has 28 heavy (non-hydrogen) atoms. The second-order valence-electron chi connectivity index (χ2n) is 6.87. The fourth-order valence-corrected chi connectivity index (χ4v) is 3.43. The second-order valence-corrected chi connectivity index (χ2v) is 6.87. The highest BCUT2D eigenvalue weighted by Gasteiger charge is 2.15. The minimum Gasteiger partial charge on any atom is -0.504 e. The summed E-state index contributed by atoms with van der Waals surface area (Å²) in [5.74, 6) is 2.63. The van der Waals surface area contributed by atoms with E-state index in [1.54, 1.807) is 24.4 Å². The van der Waals surface area contributed by atoms with E-state index in [2.05, 4.69) is 19.8 Å². The maximum absolute atomic E-state index is 9.79. The van der Waals surface area contributed by atoms with Crippen LogP contribution >= 0.6 is 0 Å². The Kier molecular flexibility index (Phi) is 5.37. The van der Waals surface area contributed by atoms with E-state index in [0.29, 0.717) is 12.4 Å². The highest BCUT2D eigenvalue weighted by molar-refractivity contribution is 5.83. The lowest BCUT2D eigenvalue weighted by atomic mass is 10.2. The van der Waals surface area contributed by atoms with Crippen molar-refractivity contribution in [3.63, 3.8) is 0 Å². The average Bonchev–Trinajstić information content (AvgIpc) is 2.97. The van der Waals surface area contributed by atoms with Crippen LogP contribution in [0.1, 0.15) is 37.6 Å². The molecule has 0 amide bonds. The zero-order valence-corrected chi connectivity index (χ0v) is 16.0. The highest BCUT2D eigenvalue weighted by atomic mass is 16.5. The van der Waals surface area contributed by atoms with Crippen LogP contribution in [0.2, 0.25) is 0 Å². The van der Waals surface area contributed by atoms with Crippen molar-refractivity contribution in [1.82, 2.24) is 14.8 Å². The van der Waals surface area contributed by atoms with E-state index in [1.165, 1.54) is 19.3 Å². The van der Waals surface area contributed by atoms with Crippen molar-refractivity contribution >= 4 is 11.9 Å². The van der Waals surface area contributed by atoms with E-state index in [0.717, 1.165) is 41.4 Å². The quantitative estimate of drug-likeness (QED) is 0.664. The van der Waals surface area contributed by atoms with E-state index >= 15 is 0 Å². The van der Waals surface area contributed by atoms with Crippen LogP contribution in [0, 0.1) is 0 Å². The van der Waals surface area contributed by atoms with Gasteiger partial charge in [0.25, 0.3) is 0 Å². The summed E-state index contributed by atoms with van der Waals surface area (Å²) in [4.78, 5) is 4.53. The SMILES string of the molecule is CCOc1cc(C=Nc2ccc(-c3nnc4n3CCCCC4)cc2)ccc1O. The molecule has 0 atom stereocenters. The van der Waals surface area contributed by atoms with Crippen LogP contribution < -0.4 is 4.74 Å². The molecule has 0 saturated carbocycles. The van der Waals surface area contributed by atoms with E-state index in [-0.39, 0.29) is 5.75 Å². The lowest BCUT2D eigenvalue weighted by Gasteiger charge is -2.07. The predicted octanol–water partition coefficient (Wildman–Crippen LogP) is 4.53. The Morgan fingerprint density at radius 1 is 1.11 bits per heavy atom. The van der Waals surface area contributed by atoms with Crippen LogP contribution in [0.3, 0.4) is 0 Å². The van der Waals surface area contributed by atoms with E-state index in [9.17, 15) is 5.11 Å². The standard InChI is InChI=1S/C22H24N4O2/c1-2-28-20-14-16(7-12-19(20)27)15-23-18-10-8-17(9-11-18)22-25-24-21-6-4-3-5-13-26(21)22/h7-12,14-15,27H,2-6,13H2,1H3. The Balaban J connectivity index is 1.52. The number of phenolic OH excluding ortho intramolecular Hbond substituents is 1. The van der Waals surface area contributed by atoms with Gasteiger partial charge in [0.15, 0.2) is 17.3 Å². The number of aryl methyl sites for hydroxylation is 1. The van der Waals surface area contributed by atoms with Crippen LogP contribution in [0.25, 0.3) is 11.4 Å². The molecule has 0 radical (unpaired) electrons. The molecule has 4 rings (SSSR count). The molecule has 1 N–H and O–H groups in total. The molecule has 0 fully saturated rings. The third-order valence-electron chi connectivity index (χ3n) is 4.88. The Morgan fingerprint density at radius 3 is 2.79 bits per heavy atom. The molecule has 0 saturated heterocycles. The zero-order valence-electron chi connectivity index (χ0n) is 16.0. The average molecular weight is 376 g/mol. The summed E-state index contributed by atoms with van der Waals surface area (Å²) >= 11 is 0. The first-order chi connectivity index (χ1) is 13.7. The second kappa shape index (κ2) is 8.25. The van der Waals surface area contributed by atoms with Crippen LogP contribution in [0.4, 0.5) is 5.69 Å². The van der Waals surface area contributed by atoms with Gasteiger partial charge in [-0.15, -0.1) is 10.2 Å². The van der Waals surface area contributed by atoms with E-state index in [4.69, 9.17) is 4.74 Å². The van der Waals surface area contributed by atoms with Gasteiger partial charge in [0, 0.05) is 24.7 Å². The smallest absolute Gasteiger partial charge is 0.163 e. The first-order valence-electron chi connectivity index (χ1n) is 9.77. The van der Waals surface area contributed by atoms with Gasteiger partial charge in [-0.3, -0.25) is 4.99 Å². The number of rotatable bonds is 5. The van der Waals surface area contributed by atoms with E-state index in [1.807, 2.05) is 31.2 Å². The molecule has 0 aliphatic carbocycles. The molecule has 6 nitrogen and oxygen atoms in total. The molecule has 0 unspecified atom stereocenters. The Morgan fingerprint density at radius 2 is 1.96 bits per heavy atom. The Labute approximate surface area is 164 Å². The predicted molar refractivity (Wildman–Crippen MR) is 110 cm³/mol. The van der Waals surface area contributed by atoms with Gasteiger partial charge >= 0.3 is 0 Å². The van der Waals surface area contributed by atoms with Gasteiger partial charge in [-0.25, -0.2) is 0 Å². The Bertz CT molecular complexity index is 977. The third-order valence-corrected chi connectivity index (χ3v) is 4.88. The highest BCUT2D eigenvalue weighted by Crippen LogP contribution is 2.27. The number of hydrogen-bond donors (Lipinski definition) is 1. The van der Waals surface area contributed by atoms with Crippen molar-refractivity contribution in [1.29, 1.82) is 0 Å². The lowest BCUT2D eigenvalue weighted by molar-refractivity contribution is 0.318. The molecule has 1 aromatic heterocycles. The molecule has 0 bridgehead atoms. The lowest BCUT2D eigenvalue weighted by Crippen LogP contribution is -2.02. The first-order valence-corrected chi connectivity index (χ1v) is 9.77. The molecule has 144 valence electrons. The summed E-state index contributed by atoms with van der Waals surface area (Å²) in [5, 5.41) is 18.6. The summed E-state index contributed by atoms with van der Waals surface area (Å²) in [6.07, 6.45) is 6.38. The molecule has 2 heterocycles. The van der Waals surface area contributed by atoms with Crippen LogP contribution in [0.15, 0.2) is 47.5 Å².